The maximum atomic E-state index is 10.4. The topological polar surface area (TPSA) is 26.3 Å². The number of benzene rings is 1. The molecule has 0 aliphatic carbocycles. The van der Waals surface area contributed by atoms with E-state index < -0.39 is 0 Å². The van der Waals surface area contributed by atoms with E-state index in [1.54, 1.807) is 13.2 Å². The summed E-state index contributed by atoms with van der Waals surface area (Å²) in [6.07, 6.45) is 0.790. The first-order valence-corrected chi connectivity index (χ1v) is 3.37. The molecule has 0 atom stereocenters. The van der Waals surface area contributed by atoms with Gasteiger partial charge in [-0.15, -0.1) is 0 Å². The highest BCUT2D eigenvalue weighted by molar-refractivity contribution is 6.32. The van der Waals surface area contributed by atoms with Gasteiger partial charge in [0.1, 0.15) is 13.6 Å². The van der Waals surface area contributed by atoms with Gasteiger partial charge in [-0.25, -0.2) is 0 Å². The zero-order valence-electron chi connectivity index (χ0n) is 6.63. The number of ether oxygens (including phenoxy) is 1. The third kappa shape index (κ3) is 1.61. The summed E-state index contributed by atoms with van der Waals surface area (Å²) < 4.78 is 4.99. The molecular weight excluding hydrogens is 139 g/mol. The highest BCUT2D eigenvalue weighted by Gasteiger charge is 1.99. The molecule has 0 aromatic heterocycles. The summed E-state index contributed by atoms with van der Waals surface area (Å²) in [6, 6.07) is 5.47. The van der Waals surface area contributed by atoms with E-state index in [0.717, 1.165) is 11.7 Å². The summed E-state index contributed by atoms with van der Waals surface area (Å²) in [4.78, 5) is 10.4. The maximum Gasteiger partial charge on any atom is 0.153 e. The van der Waals surface area contributed by atoms with Gasteiger partial charge in [0.2, 0.25) is 0 Å². The second-order valence-electron chi connectivity index (χ2n) is 2.36. The first-order valence-electron chi connectivity index (χ1n) is 3.37. The van der Waals surface area contributed by atoms with Crippen molar-refractivity contribution in [3.63, 3.8) is 0 Å². The van der Waals surface area contributed by atoms with E-state index in [0.29, 0.717) is 11.3 Å². The molecule has 0 saturated heterocycles. The monoisotopic (exact) mass is 148 g/mol. The molecule has 0 amide bonds. The second kappa shape index (κ2) is 3.24. The molecule has 0 saturated carbocycles. The highest BCUT2D eigenvalue weighted by Crippen LogP contribution is 2.12. The molecule has 1 rings (SSSR count). The lowest BCUT2D eigenvalue weighted by Gasteiger charge is -2.02. The molecule has 0 aliphatic heterocycles. The van der Waals surface area contributed by atoms with Crippen LogP contribution in [0.2, 0.25) is 0 Å². The lowest BCUT2D eigenvalue weighted by Crippen LogP contribution is -2.03. The van der Waals surface area contributed by atoms with Crippen LogP contribution < -0.4 is 10.2 Å². The standard InChI is InChI=1S/C8H9BO2/c1-11-8-4-7(9)3-2-6(8)5-10/h2-5H,9H2,1H3. The fraction of sp³-hybridized carbons (Fsp3) is 0.125. The van der Waals surface area contributed by atoms with Crippen LogP contribution in [0.5, 0.6) is 5.75 Å². The molecule has 0 unspecified atom stereocenters. The Balaban J connectivity index is 3.16. The molecule has 11 heavy (non-hydrogen) atoms. The minimum Gasteiger partial charge on any atom is -0.496 e. The molecule has 0 radical (unpaired) electrons. The SMILES string of the molecule is Bc1ccc(C=O)c(OC)c1. The zero-order valence-corrected chi connectivity index (χ0v) is 6.63. The minimum absolute atomic E-state index is 0.595. The smallest absolute Gasteiger partial charge is 0.153 e. The first kappa shape index (κ1) is 7.86. The van der Waals surface area contributed by atoms with Crippen molar-refractivity contribution in [2.24, 2.45) is 0 Å². The van der Waals surface area contributed by atoms with Crippen LogP contribution in [0.3, 0.4) is 0 Å². The molecule has 1 aromatic rings. The molecule has 0 aliphatic rings. The average Bonchev–Trinajstić information content (AvgIpc) is 2.04. The minimum atomic E-state index is 0.595. The van der Waals surface area contributed by atoms with Gasteiger partial charge in [0.05, 0.1) is 12.7 Å². The first-order chi connectivity index (χ1) is 5.27. The number of methoxy groups -OCH3 is 1. The Morgan fingerprint density at radius 1 is 1.55 bits per heavy atom. The number of hydrogen-bond donors (Lipinski definition) is 0. The van der Waals surface area contributed by atoms with Crippen LogP contribution in [-0.2, 0) is 0 Å². The fourth-order valence-corrected chi connectivity index (χ4v) is 0.916. The van der Waals surface area contributed by atoms with Gasteiger partial charge in [0, 0.05) is 0 Å². The highest BCUT2D eigenvalue weighted by atomic mass is 16.5. The third-order valence-electron chi connectivity index (χ3n) is 1.52. The molecular formula is C8H9BO2. The van der Waals surface area contributed by atoms with Crippen molar-refractivity contribution in [1.29, 1.82) is 0 Å². The van der Waals surface area contributed by atoms with E-state index in [9.17, 15) is 4.79 Å². The van der Waals surface area contributed by atoms with E-state index in [2.05, 4.69) is 0 Å². The number of aldehydes is 1. The van der Waals surface area contributed by atoms with Gasteiger partial charge < -0.3 is 4.74 Å². The third-order valence-corrected chi connectivity index (χ3v) is 1.52. The molecule has 0 heterocycles. The Labute approximate surface area is 66.6 Å². The summed E-state index contributed by atoms with van der Waals surface area (Å²) in [7, 11) is 3.51. The Hall–Kier alpha value is -1.25. The normalized spacial score (nSPS) is 9.18. The molecule has 0 bridgehead atoms. The zero-order chi connectivity index (χ0) is 8.27. The second-order valence-corrected chi connectivity index (χ2v) is 2.36. The predicted molar refractivity (Wildman–Crippen MR) is 46.6 cm³/mol. The molecule has 1 aromatic carbocycles. The summed E-state index contributed by atoms with van der Waals surface area (Å²) >= 11 is 0. The Kier molecular flexibility index (Phi) is 2.31. The quantitative estimate of drug-likeness (QED) is 0.427. The molecule has 0 fully saturated rings. The van der Waals surface area contributed by atoms with Crippen LogP contribution in [0.15, 0.2) is 18.2 Å². The van der Waals surface area contributed by atoms with E-state index in [1.165, 1.54) is 0 Å². The van der Waals surface area contributed by atoms with Crippen molar-refractivity contribution in [2.75, 3.05) is 7.11 Å². The van der Waals surface area contributed by atoms with Crippen LogP contribution in [0.4, 0.5) is 0 Å². The van der Waals surface area contributed by atoms with Gasteiger partial charge in [0.15, 0.2) is 6.29 Å². The molecule has 3 heteroatoms. The van der Waals surface area contributed by atoms with Crippen LogP contribution in [0.1, 0.15) is 10.4 Å². The lowest BCUT2D eigenvalue weighted by molar-refractivity contribution is 0.112. The van der Waals surface area contributed by atoms with Crippen molar-refractivity contribution in [3.8, 4) is 5.75 Å². The number of hydrogen-bond acceptors (Lipinski definition) is 2. The predicted octanol–water partition coefficient (Wildman–Crippen LogP) is -0.234. The molecule has 2 nitrogen and oxygen atoms in total. The van der Waals surface area contributed by atoms with Gasteiger partial charge in [-0.1, -0.05) is 11.5 Å². The summed E-state index contributed by atoms with van der Waals surface area (Å²) in [5.41, 5.74) is 1.69. The summed E-state index contributed by atoms with van der Waals surface area (Å²) in [5, 5.41) is 0. The van der Waals surface area contributed by atoms with Crippen molar-refractivity contribution >= 4 is 19.6 Å². The molecule has 56 valence electrons. The number of carbonyl (C=O) groups excluding carboxylic acids is 1. The van der Waals surface area contributed by atoms with Gasteiger partial charge in [-0.3, -0.25) is 4.79 Å². The van der Waals surface area contributed by atoms with Crippen molar-refractivity contribution < 1.29 is 9.53 Å². The Morgan fingerprint density at radius 3 is 2.82 bits per heavy atom. The van der Waals surface area contributed by atoms with E-state index in [-0.39, 0.29) is 0 Å². The van der Waals surface area contributed by atoms with Gasteiger partial charge in [-0.2, -0.15) is 0 Å². The van der Waals surface area contributed by atoms with Crippen molar-refractivity contribution in [2.45, 2.75) is 0 Å². The fourth-order valence-electron chi connectivity index (χ4n) is 0.916. The van der Waals surface area contributed by atoms with E-state index in [4.69, 9.17) is 4.74 Å². The number of rotatable bonds is 2. The van der Waals surface area contributed by atoms with Crippen molar-refractivity contribution in [3.05, 3.63) is 23.8 Å². The van der Waals surface area contributed by atoms with Gasteiger partial charge in [0.25, 0.3) is 0 Å². The van der Waals surface area contributed by atoms with Crippen LogP contribution in [-0.4, -0.2) is 21.2 Å². The average molecular weight is 148 g/mol. The Morgan fingerprint density at radius 2 is 2.27 bits per heavy atom. The van der Waals surface area contributed by atoms with Gasteiger partial charge in [-0.05, 0) is 12.1 Å². The van der Waals surface area contributed by atoms with Crippen LogP contribution >= 0.6 is 0 Å². The summed E-state index contributed by atoms with van der Waals surface area (Å²) in [6.45, 7) is 0. The number of carbonyl (C=O) groups is 1. The lowest BCUT2D eigenvalue weighted by atomic mass is 9.95. The maximum absolute atomic E-state index is 10.4. The van der Waals surface area contributed by atoms with Crippen molar-refractivity contribution in [1.82, 2.24) is 0 Å². The largest absolute Gasteiger partial charge is 0.496 e. The van der Waals surface area contributed by atoms with E-state index in [1.807, 2.05) is 20.0 Å². The Bertz CT molecular complexity index is 271. The van der Waals surface area contributed by atoms with Gasteiger partial charge >= 0.3 is 0 Å². The van der Waals surface area contributed by atoms with E-state index >= 15 is 0 Å². The molecule has 0 spiro atoms. The molecule has 0 N–H and O–H groups in total. The van der Waals surface area contributed by atoms with Crippen LogP contribution in [0.25, 0.3) is 0 Å². The summed E-state index contributed by atoms with van der Waals surface area (Å²) in [5.74, 6) is 0.639. The van der Waals surface area contributed by atoms with Crippen LogP contribution in [0, 0.1) is 0 Å².